The van der Waals surface area contributed by atoms with E-state index in [4.69, 9.17) is 0 Å². The molecule has 5 heteroatoms. The Bertz CT molecular complexity index is 1000. The molecular weight excluding hydrogens is 506 g/mol. The quantitative estimate of drug-likeness (QED) is 0.139. The average Bonchev–Trinajstić information content (AvgIpc) is 2.82. The van der Waals surface area contributed by atoms with Crippen LogP contribution in [0.4, 0.5) is 0 Å². The van der Waals surface area contributed by atoms with E-state index in [1.54, 1.807) is 0 Å². The Morgan fingerprint density at radius 1 is 0.758 bits per heavy atom. The van der Waals surface area contributed by atoms with E-state index in [1.807, 2.05) is 11.8 Å². The first-order chi connectivity index (χ1) is 15.6. The van der Waals surface area contributed by atoms with Crippen molar-refractivity contribution in [2.75, 3.05) is 0 Å². The number of amides is 1. The summed E-state index contributed by atoms with van der Waals surface area (Å²) in [7, 11) is -2.06. The molecule has 3 aromatic rings. The van der Waals surface area contributed by atoms with Crippen LogP contribution in [0.2, 0.25) is 18.1 Å². The van der Waals surface area contributed by atoms with E-state index in [0.29, 0.717) is 0 Å². The molecule has 0 bridgehead atoms. The molecule has 4 rings (SSSR count). The molecule has 0 spiro atoms. The van der Waals surface area contributed by atoms with Gasteiger partial charge in [0.2, 0.25) is 5.91 Å². The summed E-state index contributed by atoms with van der Waals surface area (Å²) in [4.78, 5) is 13.1. The number of β-lactam (4-membered cyclic amide) rings is 1. The van der Waals surface area contributed by atoms with E-state index in [1.165, 1.54) is 16.7 Å². The molecule has 1 amide bonds. The second kappa shape index (κ2) is 9.08. The maximum Gasteiger partial charge on any atom is 0.232 e. The number of benzene rings is 3. The predicted octanol–water partition coefficient (Wildman–Crippen LogP) is 7.65. The van der Waals surface area contributed by atoms with Crippen LogP contribution < -0.4 is 0 Å². The number of alkyl halides is 1. The Kier molecular flexibility index (Phi) is 6.69. The molecule has 0 radical (unpaired) electrons. The number of halogens is 1. The fourth-order valence-electron chi connectivity index (χ4n) is 4.40. The predicted molar refractivity (Wildman–Crippen MR) is 147 cm³/mol. The lowest BCUT2D eigenvalue weighted by atomic mass is 9.84. The second-order valence-corrected chi connectivity index (χ2v) is 17.6. The largest absolute Gasteiger partial charge is 0.355 e. The summed E-state index contributed by atoms with van der Waals surface area (Å²) in [6, 6.07) is 32.2. The van der Waals surface area contributed by atoms with Crippen LogP contribution >= 0.6 is 27.7 Å². The highest BCUT2D eigenvalue weighted by molar-refractivity contribution is 9.10. The zero-order valence-corrected chi connectivity index (χ0v) is 23.4. The lowest BCUT2D eigenvalue weighted by Gasteiger charge is -2.58. The van der Waals surface area contributed by atoms with E-state index >= 15 is 0 Å². The molecule has 33 heavy (non-hydrogen) atoms. The third-order valence-corrected chi connectivity index (χ3v) is 15.8. The first kappa shape index (κ1) is 24.3. The van der Waals surface area contributed by atoms with Gasteiger partial charge in [0.05, 0.1) is 10.1 Å². The molecular formula is C28H32BrNOSSi. The van der Waals surface area contributed by atoms with Gasteiger partial charge in [-0.1, -0.05) is 141 Å². The van der Waals surface area contributed by atoms with Gasteiger partial charge < -0.3 is 4.57 Å². The van der Waals surface area contributed by atoms with Crippen molar-refractivity contribution in [3.05, 3.63) is 108 Å². The molecule has 0 aromatic heterocycles. The van der Waals surface area contributed by atoms with E-state index in [2.05, 4.69) is 145 Å². The summed E-state index contributed by atoms with van der Waals surface area (Å²) < 4.78 is 1.79. The minimum atomic E-state index is -2.06. The van der Waals surface area contributed by atoms with Crippen LogP contribution in [-0.2, 0) is 9.54 Å². The summed E-state index contributed by atoms with van der Waals surface area (Å²) in [5.41, 5.74) is 3.67. The van der Waals surface area contributed by atoms with E-state index in [0.717, 1.165) is 0 Å². The van der Waals surface area contributed by atoms with Crippen LogP contribution in [0.5, 0.6) is 0 Å². The SMILES string of the molecule is CC(C)(C)[Si](C)(C)N1C(=O)[C@H](Br)[C@H]1SC(c1ccccc1)(c1ccccc1)c1ccccc1. The molecule has 2 nitrogen and oxygen atoms in total. The van der Waals surface area contributed by atoms with E-state index in [-0.39, 0.29) is 21.1 Å². The van der Waals surface area contributed by atoms with Crippen molar-refractivity contribution in [1.82, 2.24) is 4.57 Å². The fraction of sp³-hybridized carbons (Fsp3) is 0.321. The summed E-state index contributed by atoms with van der Waals surface area (Å²) in [5, 5.41) is 0.114. The third kappa shape index (κ3) is 4.13. The molecule has 0 unspecified atom stereocenters. The van der Waals surface area contributed by atoms with Crippen LogP contribution in [0.25, 0.3) is 0 Å². The van der Waals surface area contributed by atoms with E-state index in [9.17, 15) is 4.79 Å². The minimum Gasteiger partial charge on any atom is -0.355 e. The van der Waals surface area contributed by atoms with Crippen molar-refractivity contribution in [3.63, 3.8) is 0 Å². The van der Waals surface area contributed by atoms with Crippen LogP contribution in [0, 0.1) is 0 Å². The number of hydrogen-bond acceptors (Lipinski definition) is 2. The molecule has 1 aliphatic rings. The Balaban J connectivity index is 1.92. The summed E-state index contributed by atoms with van der Waals surface area (Å²) in [6.45, 7) is 11.5. The van der Waals surface area contributed by atoms with Crippen LogP contribution in [0.1, 0.15) is 37.5 Å². The topological polar surface area (TPSA) is 20.3 Å². The summed E-state index contributed by atoms with van der Waals surface area (Å²) >= 11 is 5.67. The van der Waals surface area contributed by atoms with Crippen molar-refractivity contribution in [2.24, 2.45) is 0 Å². The molecule has 0 aliphatic carbocycles. The van der Waals surface area contributed by atoms with Gasteiger partial charge >= 0.3 is 0 Å². The zero-order chi connectivity index (χ0) is 23.9. The Labute approximate surface area is 212 Å². The van der Waals surface area contributed by atoms with Crippen LogP contribution in [0.3, 0.4) is 0 Å². The fourth-order valence-corrected chi connectivity index (χ4v) is 10.4. The Hall–Kier alpha value is -1.82. The third-order valence-electron chi connectivity index (χ3n) is 7.25. The molecule has 1 aliphatic heterocycles. The maximum absolute atomic E-state index is 13.3. The first-order valence-corrected chi connectivity index (χ1v) is 16.2. The van der Waals surface area contributed by atoms with Crippen molar-refractivity contribution in [1.29, 1.82) is 0 Å². The van der Waals surface area contributed by atoms with Crippen LogP contribution in [-0.4, -0.2) is 28.9 Å². The molecule has 3 aromatic carbocycles. The first-order valence-electron chi connectivity index (χ1n) is 11.4. The highest BCUT2D eigenvalue weighted by Gasteiger charge is 2.59. The summed E-state index contributed by atoms with van der Waals surface area (Å²) in [5.74, 6) is 0.224. The summed E-state index contributed by atoms with van der Waals surface area (Å²) in [6.07, 6.45) is 0. The molecule has 1 fully saturated rings. The average molecular weight is 539 g/mol. The van der Waals surface area contributed by atoms with Gasteiger partial charge in [-0.05, 0) is 21.7 Å². The molecule has 0 N–H and O–H groups in total. The zero-order valence-electron chi connectivity index (χ0n) is 20.0. The lowest BCUT2D eigenvalue weighted by Crippen LogP contribution is -2.73. The number of carbonyl (C=O) groups is 1. The van der Waals surface area contributed by atoms with Gasteiger partial charge in [-0.2, -0.15) is 0 Å². The van der Waals surface area contributed by atoms with Gasteiger partial charge in [0, 0.05) is 0 Å². The highest BCUT2D eigenvalue weighted by atomic mass is 79.9. The smallest absolute Gasteiger partial charge is 0.232 e. The normalized spacial score (nSPS) is 19.3. The maximum atomic E-state index is 13.3. The Morgan fingerprint density at radius 3 is 1.45 bits per heavy atom. The van der Waals surface area contributed by atoms with Gasteiger partial charge in [0.1, 0.15) is 4.83 Å². The van der Waals surface area contributed by atoms with Gasteiger partial charge in [-0.15, -0.1) is 11.8 Å². The number of nitrogens with zero attached hydrogens (tertiary/aromatic N) is 1. The Morgan fingerprint density at radius 2 is 1.12 bits per heavy atom. The van der Waals surface area contributed by atoms with Gasteiger partial charge in [-0.3, -0.25) is 4.79 Å². The number of carbonyl (C=O) groups excluding carboxylic acids is 1. The van der Waals surface area contributed by atoms with Crippen molar-refractivity contribution in [3.8, 4) is 0 Å². The van der Waals surface area contributed by atoms with E-state index < -0.39 is 13.0 Å². The van der Waals surface area contributed by atoms with Crippen molar-refractivity contribution >= 4 is 41.8 Å². The van der Waals surface area contributed by atoms with Crippen LogP contribution in [0.15, 0.2) is 91.0 Å². The van der Waals surface area contributed by atoms with Crippen molar-refractivity contribution in [2.45, 2.75) is 53.9 Å². The van der Waals surface area contributed by atoms with Gasteiger partial charge in [-0.25, -0.2) is 0 Å². The molecule has 1 heterocycles. The standard InChI is InChI=1S/C28H32BrNOSSi/c1-27(2,3)33(4,5)30-25(31)24(29)26(30)32-28(21-15-9-6-10-16-21,22-17-11-7-12-18-22)23-19-13-8-14-20-23/h6-20,24,26H,1-5H3/t24-,26+/m0/s1. The number of thioether (sulfide) groups is 1. The van der Waals surface area contributed by atoms with Crippen molar-refractivity contribution < 1.29 is 4.79 Å². The number of hydrogen-bond donors (Lipinski definition) is 0. The molecule has 172 valence electrons. The monoisotopic (exact) mass is 537 g/mol. The lowest BCUT2D eigenvalue weighted by molar-refractivity contribution is -0.134. The molecule has 1 saturated heterocycles. The van der Waals surface area contributed by atoms with Gasteiger partial charge in [0.15, 0.2) is 8.24 Å². The second-order valence-electron chi connectivity index (χ2n) is 10.2. The highest BCUT2D eigenvalue weighted by Crippen LogP contribution is 2.56. The molecule has 2 atom stereocenters. The van der Waals surface area contributed by atoms with Gasteiger partial charge in [0.25, 0.3) is 0 Å². The molecule has 0 saturated carbocycles. The minimum absolute atomic E-state index is 0.0408. The number of rotatable bonds is 6.